The summed E-state index contributed by atoms with van der Waals surface area (Å²) in [4.78, 5) is 1.19. The molecule has 0 amide bonds. The number of hydrogen-bond acceptors (Lipinski definition) is 4. The number of ether oxygens (including phenoxy) is 2. The third kappa shape index (κ3) is 3.68. The fourth-order valence-corrected chi connectivity index (χ4v) is 3.80. The molecule has 2 rings (SSSR count). The first-order valence-corrected chi connectivity index (χ1v) is 8.08. The van der Waals surface area contributed by atoms with Gasteiger partial charge in [-0.1, -0.05) is 18.5 Å². The Balaban J connectivity index is 2.12. The average molecular weight is 355 g/mol. The Morgan fingerprint density at radius 1 is 1.61 bits per heavy atom. The van der Waals surface area contributed by atoms with Gasteiger partial charge in [0.05, 0.1) is 25.9 Å². The van der Waals surface area contributed by atoms with E-state index in [0.717, 1.165) is 21.8 Å². The number of halogens is 2. The van der Waals surface area contributed by atoms with E-state index in [2.05, 4.69) is 34.2 Å². The van der Waals surface area contributed by atoms with Crippen LogP contribution in [0, 0.1) is 0 Å². The quantitative estimate of drug-likeness (QED) is 0.876. The Labute approximate surface area is 125 Å². The van der Waals surface area contributed by atoms with Crippen LogP contribution < -0.4 is 5.32 Å². The lowest BCUT2D eigenvalue weighted by Crippen LogP contribution is -2.40. The average Bonchev–Trinajstić information content (AvgIpc) is 2.71. The molecule has 18 heavy (non-hydrogen) atoms. The summed E-state index contributed by atoms with van der Waals surface area (Å²) in [6.07, 6.45) is 1.15. The van der Waals surface area contributed by atoms with Crippen molar-refractivity contribution in [3.63, 3.8) is 0 Å². The summed E-state index contributed by atoms with van der Waals surface area (Å²) in [6.45, 7) is 5.09. The van der Waals surface area contributed by atoms with E-state index in [1.807, 2.05) is 0 Å². The van der Waals surface area contributed by atoms with Crippen molar-refractivity contribution in [2.75, 3.05) is 26.4 Å². The second-order valence-electron chi connectivity index (χ2n) is 4.19. The fraction of sp³-hybridized carbons (Fsp3) is 0.667. The number of rotatable bonds is 5. The Kier molecular flexibility index (Phi) is 5.92. The van der Waals surface area contributed by atoms with E-state index in [0.29, 0.717) is 19.8 Å². The molecule has 0 bridgehead atoms. The molecule has 2 atom stereocenters. The maximum Gasteiger partial charge on any atom is 0.107 e. The monoisotopic (exact) mass is 353 g/mol. The maximum absolute atomic E-state index is 6.12. The molecule has 1 fully saturated rings. The van der Waals surface area contributed by atoms with E-state index in [4.69, 9.17) is 21.1 Å². The second kappa shape index (κ2) is 7.22. The summed E-state index contributed by atoms with van der Waals surface area (Å²) in [5, 5.41) is 3.52. The van der Waals surface area contributed by atoms with Gasteiger partial charge in [-0.3, -0.25) is 0 Å². The fourth-order valence-electron chi connectivity index (χ4n) is 1.93. The number of hydrogen-bond donors (Lipinski definition) is 1. The molecule has 6 heteroatoms. The van der Waals surface area contributed by atoms with E-state index >= 15 is 0 Å². The molecule has 1 saturated heterocycles. The Morgan fingerprint density at radius 2 is 2.44 bits per heavy atom. The Bertz CT molecular complexity index is 363. The smallest absolute Gasteiger partial charge is 0.107 e. The SMILES string of the molecule is CCCNC(c1cc(Br)c(Cl)s1)C1COCCO1. The number of thiophene rings is 1. The first-order valence-electron chi connectivity index (χ1n) is 6.09. The third-order valence-electron chi connectivity index (χ3n) is 2.80. The summed E-state index contributed by atoms with van der Waals surface area (Å²) in [5.41, 5.74) is 0. The predicted molar refractivity (Wildman–Crippen MR) is 78.6 cm³/mol. The summed E-state index contributed by atoms with van der Waals surface area (Å²) in [7, 11) is 0. The molecular weight excluding hydrogens is 338 g/mol. The molecule has 2 unspecified atom stereocenters. The normalized spacial score (nSPS) is 22.1. The molecule has 102 valence electrons. The summed E-state index contributed by atoms with van der Waals surface area (Å²) in [5.74, 6) is 0. The molecule has 0 aromatic carbocycles. The van der Waals surface area contributed by atoms with Crippen LogP contribution in [-0.4, -0.2) is 32.5 Å². The van der Waals surface area contributed by atoms with Crippen LogP contribution in [0.4, 0.5) is 0 Å². The molecule has 0 saturated carbocycles. The minimum absolute atomic E-state index is 0.0620. The zero-order chi connectivity index (χ0) is 13.0. The van der Waals surface area contributed by atoms with Crippen LogP contribution in [0.5, 0.6) is 0 Å². The largest absolute Gasteiger partial charge is 0.376 e. The predicted octanol–water partition coefficient (Wildman–Crippen LogP) is 3.62. The molecule has 1 N–H and O–H groups in total. The summed E-state index contributed by atoms with van der Waals surface area (Å²) in [6, 6.07) is 2.22. The Morgan fingerprint density at radius 3 is 3.00 bits per heavy atom. The Hall–Kier alpha value is 0.350. The minimum atomic E-state index is 0.0620. The standard InChI is InChI=1S/C12H17BrClNO2S/c1-2-3-15-11(9-7-16-4-5-17-9)10-6-8(13)12(14)18-10/h6,9,11,15H,2-5,7H2,1H3. The molecule has 0 spiro atoms. The van der Waals surface area contributed by atoms with Gasteiger partial charge in [-0.15, -0.1) is 11.3 Å². The van der Waals surface area contributed by atoms with Gasteiger partial charge in [-0.2, -0.15) is 0 Å². The van der Waals surface area contributed by atoms with Crippen LogP contribution >= 0.6 is 38.9 Å². The van der Waals surface area contributed by atoms with Crippen LogP contribution in [0.1, 0.15) is 24.3 Å². The highest BCUT2D eigenvalue weighted by Gasteiger charge is 2.28. The van der Waals surface area contributed by atoms with Crippen molar-refractivity contribution < 1.29 is 9.47 Å². The van der Waals surface area contributed by atoms with Gasteiger partial charge in [0.25, 0.3) is 0 Å². The van der Waals surface area contributed by atoms with Crippen molar-refractivity contribution in [3.8, 4) is 0 Å². The van der Waals surface area contributed by atoms with Gasteiger partial charge in [-0.25, -0.2) is 0 Å². The first-order chi connectivity index (χ1) is 8.72. The molecule has 0 aliphatic carbocycles. The molecular formula is C12H17BrClNO2S. The molecule has 3 nitrogen and oxygen atoms in total. The molecule has 1 aliphatic rings. The van der Waals surface area contributed by atoms with Gasteiger partial charge in [-0.05, 0) is 35.0 Å². The van der Waals surface area contributed by atoms with Crippen molar-refractivity contribution in [1.29, 1.82) is 0 Å². The van der Waals surface area contributed by atoms with Gasteiger partial charge < -0.3 is 14.8 Å². The molecule has 1 aromatic rings. The van der Waals surface area contributed by atoms with Crippen LogP contribution in [0.3, 0.4) is 0 Å². The highest BCUT2D eigenvalue weighted by atomic mass is 79.9. The van der Waals surface area contributed by atoms with E-state index < -0.39 is 0 Å². The maximum atomic E-state index is 6.12. The van der Waals surface area contributed by atoms with E-state index in [1.165, 1.54) is 4.88 Å². The van der Waals surface area contributed by atoms with E-state index in [1.54, 1.807) is 11.3 Å². The van der Waals surface area contributed by atoms with Crippen molar-refractivity contribution >= 4 is 38.9 Å². The number of nitrogens with one attached hydrogen (secondary N) is 1. The van der Waals surface area contributed by atoms with Crippen LogP contribution in [0.2, 0.25) is 4.34 Å². The lowest BCUT2D eigenvalue weighted by atomic mass is 10.1. The molecule has 1 aromatic heterocycles. The van der Waals surface area contributed by atoms with E-state index in [-0.39, 0.29) is 12.1 Å². The van der Waals surface area contributed by atoms with Crippen LogP contribution in [0.15, 0.2) is 10.5 Å². The van der Waals surface area contributed by atoms with Gasteiger partial charge >= 0.3 is 0 Å². The van der Waals surface area contributed by atoms with Gasteiger partial charge in [0.2, 0.25) is 0 Å². The summed E-state index contributed by atoms with van der Waals surface area (Å²) >= 11 is 11.2. The van der Waals surface area contributed by atoms with Crippen molar-refractivity contribution in [2.24, 2.45) is 0 Å². The minimum Gasteiger partial charge on any atom is -0.376 e. The highest BCUT2D eigenvalue weighted by molar-refractivity contribution is 9.10. The zero-order valence-electron chi connectivity index (χ0n) is 10.2. The van der Waals surface area contributed by atoms with Gasteiger partial charge in [0, 0.05) is 9.35 Å². The molecule has 0 radical (unpaired) electrons. The van der Waals surface area contributed by atoms with Crippen LogP contribution in [-0.2, 0) is 9.47 Å². The van der Waals surface area contributed by atoms with Crippen LogP contribution in [0.25, 0.3) is 0 Å². The molecule has 2 heterocycles. The topological polar surface area (TPSA) is 30.5 Å². The van der Waals surface area contributed by atoms with Gasteiger partial charge in [0.1, 0.15) is 10.4 Å². The van der Waals surface area contributed by atoms with Crippen molar-refractivity contribution in [3.05, 3.63) is 19.8 Å². The van der Waals surface area contributed by atoms with Crippen molar-refractivity contribution in [2.45, 2.75) is 25.5 Å². The third-order valence-corrected chi connectivity index (χ3v) is 5.36. The first kappa shape index (κ1) is 14.8. The lowest BCUT2D eigenvalue weighted by molar-refractivity contribution is -0.102. The second-order valence-corrected chi connectivity index (χ2v) is 6.73. The molecule has 1 aliphatic heterocycles. The van der Waals surface area contributed by atoms with E-state index in [9.17, 15) is 0 Å². The summed E-state index contributed by atoms with van der Waals surface area (Å²) < 4.78 is 13.0. The zero-order valence-corrected chi connectivity index (χ0v) is 13.4. The highest BCUT2D eigenvalue weighted by Crippen LogP contribution is 2.37. The van der Waals surface area contributed by atoms with Crippen molar-refractivity contribution in [1.82, 2.24) is 5.32 Å². The lowest BCUT2D eigenvalue weighted by Gasteiger charge is -2.30. The van der Waals surface area contributed by atoms with Gasteiger partial charge in [0.15, 0.2) is 0 Å².